The van der Waals surface area contributed by atoms with Crippen molar-refractivity contribution in [1.82, 2.24) is 30.1 Å². The maximum atomic E-state index is 17.0. The number of nitrogens with one attached hydrogen (secondary N) is 1. The summed E-state index contributed by atoms with van der Waals surface area (Å²) >= 11 is 0. The summed E-state index contributed by atoms with van der Waals surface area (Å²) in [6.07, 6.45) is 10.6. The summed E-state index contributed by atoms with van der Waals surface area (Å²) in [4.78, 5) is 31.8. The minimum absolute atomic E-state index is 0.00290. The number of terminal acetylenes is 1. The highest BCUT2D eigenvalue weighted by atomic mass is 19.3. The molecule has 4 aromatic rings. The molecule has 9 rings (SSSR count). The SMILES string of the molecule is C#Cc1c(F)ccc2cccc(-c3ncc4c(N5CC6CCC(C5)N6)nc(OC[C@@]56CC[C@@H](COC(=O)N7CC(F)(F)C7)N5CC(=C)C6)nc4c3F)c12. The van der Waals surface area contributed by atoms with E-state index in [9.17, 15) is 18.0 Å². The number of rotatable bonds is 7. The largest absolute Gasteiger partial charge is 0.461 e. The highest BCUT2D eigenvalue weighted by Crippen LogP contribution is 2.45. The highest BCUT2D eigenvalue weighted by molar-refractivity contribution is 6.02. The normalized spacial score (nSPS) is 26.2. The van der Waals surface area contributed by atoms with E-state index >= 15 is 4.39 Å². The zero-order chi connectivity index (χ0) is 36.6. The molecule has 274 valence electrons. The van der Waals surface area contributed by atoms with Gasteiger partial charge in [-0.2, -0.15) is 9.97 Å². The van der Waals surface area contributed by atoms with Gasteiger partial charge in [0.1, 0.15) is 36.1 Å². The molecule has 5 fully saturated rings. The molecule has 0 spiro atoms. The van der Waals surface area contributed by atoms with E-state index in [-0.39, 0.29) is 54.1 Å². The van der Waals surface area contributed by atoms with Crippen molar-refractivity contribution >= 4 is 33.6 Å². The van der Waals surface area contributed by atoms with Gasteiger partial charge in [0.2, 0.25) is 0 Å². The second-order valence-corrected chi connectivity index (χ2v) is 15.1. The first kappa shape index (κ1) is 33.8. The van der Waals surface area contributed by atoms with Gasteiger partial charge in [-0.05, 0) is 43.6 Å². The van der Waals surface area contributed by atoms with E-state index in [1.165, 1.54) is 6.07 Å². The summed E-state index contributed by atoms with van der Waals surface area (Å²) in [5, 5.41) is 5.09. The van der Waals surface area contributed by atoms with Crippen molar-refractivity contribution in [3.63, 3.8) is 0 Å². The van der Waals surface area contributed by atoms with Crippen LogP contribution in [0.3, 0.4) is 0 Å². The Labute approximate surface area is 303 Å². The monoisotopic (exact) mass is 727 g/mol. The molecule has 2 aromatic heterocycles. The number of hydrogen-bond acceptors (Lipinski definition) is 9. The van der Waals surface area contributed by atoms with Crippen molar-refractivity contribution in [3.8, 4) is 29.6 Å². The lowest BCUT2D eigenvalue weighted by molar-refractivity contribution is -0.121. The fourth-order valence-electron chi connectivity index (χ4n) is 9.03. The van der Waals surface area contributed by atoms with Gasteiger partial charge in [0.15, 0.2) is 5.82 Å². The van der Waals surface area contributed by atoms with E-state index < -0.39 is 42.3 Å². The van der Waals surface area contributed by atoms with Crippen LogP contribution in [-0.2, 0) is 4.74 Å². The number of fused-ring (bicyclic) bond motifs is 5. The number of likely N-dealkylation sites (tertiary alicyclic amines) is 1. The first-order chi connectivity index (χ1) is 25.5. The number of carbonyl (C=O) groups excluding carboxylic acids is 1. The minimum Gasteiger partial charge on any atom is -0.461 e. The number of benzene rings is 2. The molecule has 14 heteroatoms. The summed E-state index contributed by atoms with van der Waals surface area (Å²) in [5.41, 5.74) is 0.866. The molecule has 7 heterocycles. The van der Waals surface area contributed by atoms with E-state index in [4.69, 9.17) is 20.9 Å². The van der Waals surface area contributed by atoms with Crippen LogP contribution < -0.4 is 15.0 Å². The second kappa shape index (κ2) is 12.6. The first-order valence-electron chi connectivity index (χ1n) is 17.9. The molecule has 10 nitrogen and oxygen atoms in total. The van der Waals surface area contributed by atoms with Crippen molar-refractivity contribution in [2.45, 2.75) is 61.7 Å². The molecule has 5 saturated heterocycles. The first-order valence-corrected chi connectivity index (χ1v) is 17.9. The predicted octanol–water partition coefficient (Wildman–Crippen LogP) is 5.67. The maximum absolute atomic E-state index is 17.0. The second-order valence-electron chi connectivity index (χ2n) is 15.1. The van der Waals surface area contributed by atoms with Crippen LogP contribution in [0.2, 0.25) is 0 Å². The third-order valence-electron chi connectivity index (χ3n) is 11.5. The molecule has 4 atom stereocenters. The fraction of sp³-hybridized carbons (Fsp3) is 0.436. The smallest absolute Gasteiger partial charge is 0.410 e. The number of hydrogen-bond donors (Lipinski definition) is 1. The van der Waals surface area contributed by atoms with Gasteiger partial charge >= 0.3 is 12.1 Å². The molecule has 0 radical (unpaired) electrons. The van der Waals surface area contributed by atoms with E-state index in [2.05, 4.69) is 37.6 Å². The quantitative estimate of drug-likeness (QED) is 0.147. The molecule has 53 heavy (non-hydrogen) atoms. The summed E-state index contributed by atoms with van der Waals surface area (Å²) in [7, 11) is 0. The van der Waals surface area contributed by atoms with Crippen LogP contribution in [0.1, 0.15) is 37.7 Å². The molecule has 0 saturated carbocycles. The number of anilines is 1. The summed E-state index contributed by atoms with van der Waals surface area (Å²) < 4.78 is 70.4. The Morgan fingerprint density at radius 3 is 2.64 bits per heavy atom. The van der Waals surface area contributed by atoms with E-state index in [0.29, 0.717) is 66.4 Å². The van der Waals surface area contributed by atoms with Gasteiger partial charge < -0.3 is 19.7 Å². The lowest BCUT2D eigenvalue weighted by atomic mass is 9.94. The molecular formula is C39H37F4N7O3. The number of aromatic nitrogens is 3. The van der Waals surface area contributed by atoms with Crippen molar-refractivity contribution < 1.29 is 31.8 Å². The lowest BCUT2D eigenvalue weighted by Gasteiger charge is -2.38. The lowest BCUT2D eigenvalue weighted by Crippen LogP contribution is -2.58. The number of ether oxygens (including phenoxy) is 2. The Balaban J connectivity index is 1.05. The third-order valence-corrected chi connectivity index (χ3v) is 11.5. The molecule has 2 aromatic carbocycles. The third kappa shape index (κ3) is 5.81. The van der Waals surface area contributed by atoms with Crippen molar-refractivity contribution in [2.75, 3.05) is 50.8 Å². The summed E-state index contributed by atoms with van der Waals surface area (Å²) in [6.45, 7) is 5.09. The Hall–Kier alpha value is -5.00. The molecule has 2 bridgehead atoms. The highest BCUT2D eigenvalue weighted by Gasteiger charge is 2.52. The van der Waals surface area contributed by atoms with E-state index in [1.807, 2.05) is 0 Å². The van der Waals surface area contributed by atoms with Crippen LogP contribution in [0, 0.1) is 24.0 Å². The molecular weight excluding hydrogens is 690 g/mol. The Morgan fingerprint density at radius 1 is 1.09 bits per heavy atom. The maximum Gasteiger partial charge on any atom is 0.410 e. The zero-order valence-corrected chi connectivity index (χ0v) is 28.9. The van der Waals surface area contributed by atoms with E-state index in [0.717, 1.165) is 23.3 Å². The van der Waals surface area contributed by atoms with Crippen LogP contribution in [0.25, 0.3) is 32.9 Å². The zero-order valence-electron chi connectivity index (χ0n) is 28.9. The average Bonchev–Trinajstić information content (AvgIpc) is 3.77. The summed E-state index contributed by atoms with van der Waals surface area (Å²) in [6, 6.07) is 8.49. The molecule has 0 aliphatic carbocycles. The number of piperazine rings is 1. The predicted molar refractivity (Wildman–Crippen MR) is 190 cm³/mol. The van der Waals surface area contributed by atoms with Crippen molar-refractivity contribution in [1.29, 1.82) is 0 Å². The van der Waals surface area contributed by atoms with Crippen LogP contribution in [-0.4, -0.2) is 106 Å². The number of pyridine rings is 1. The Morgan fingerprint density at radius 2 is 1.89 bits per heavy atom. The Kier molecular flexibility index (Phi) is 8.01. The number of amides is 1. The van der Waals surface area contributed by atoms with E-state index in [1.54, 1.807) is 30.5 Å². The van der Waals surface area contributed by atoms with Crippen LogP contribution >= 0.6 is 0 Å². The number of halogens is 4. The fourth-order valence-corrected chi connectivity index (χ4v) is 9.03. The van der Waals surface area contributed by atoms with Crippen LogP contribution in [0.5, 0.6) is 6.01 Å². The molecule has 2 unspecified atom stereocenters. The number of alkyl halides is 2. The molecule has 1 N–H and O–H groups in total. The van der Waals surface area contributed by atoms with Crippen molar-refractivity contribution in [2.24, 2.45) is 0 Å². The van der Waals surface area contributed by atoms with Gasteiger partial charge in [0.05, 0.1) is 29.6 Å². The van der Waals surface area contributed by atoms with Gasteiger partial charge in [0, 0.05) is 54.9 Å². The topological polar surface area (TPSA) is 96.0 Å². The van der Waals surface area contributed by atoms with Crippen LogP contribution in [0.15, 0.2) is 48.7 Å². The van der Waals surface area contributed by atoms with Gasteiger partial charge in [0.25, 0.3) is 5.92 Å². The standard InChI is InChI=1S/C39H37F4N7O3/c1-3-27-30(40)10-7-23-5-4-6-28(31(23)27)33-32(41)34-29(14-44-33)35(48-16-24-8-9-25(17-48)45-24)47-36(46-34)53-21-38-12-11-26(50(38)15-22(2)13-38)18-52-37(51)49-19-39(42,43)20-49/h1,4-7,10,14,24-26,45H,2,8-9,11-13,15-21H2/t24?,25?,26-,38-/m0/s1. The minimum atomic E-state index is -2.87. The summed E-state index contributed by atoms with van der Waals surface area (Å²) in [5.74, 6) is -1.21. The number of carbonyl (C=O) groups is 1. The molecule has 1 amide bonds. The average molecular weight is 728 g/mol. The van der Waals surface area contributed by atoms with Gasteiger partial charge in [-0.15, -0.1) is 6.42 Å². The van der Waals surface area contributed by atoms with Gasteiger partial charge in [-0.1, -0.05) is 42.3 Å². The van der Waals surface area contributed by atoms with Gasteiger partial charge in [-0.3, -0.25) is 14.8 Å². The van der Waals surface area contributed by atoms with Crippen molar-refractivity contribution in [3.05, 3.63) is 65.9 Å². The molecule has 5 aliphatic heterocycles. The number of nitrogens with zero attached hydrogens (tertiary/aromatic N) is 6. The van der Waals surface area contributed by atoms with Crippen LogP contribution in [0.4, 0.5) is 28.2 Å². The Bertz CT molecular complexity index is 2210. The molecule has 5 aliphatic rings. The van der Waals surface area contributed by atoms with Gasteiger partial charge in [-0.25, -0.2) is 22.4 Å².